The molecule has 0 spiro atoms. The minimum atomic E-state index is 0.399. The molecule has 1 heterocycles. The van der Waals surface area contributed by atoms with Gasteiger partial charge in [-0.25, -0.2) is 0 Å². The molecule has 13 heavy (non-hydrogen) atoms. The van der Waals surface area contributed by atoms with Crippen molar-refractivity contribution < 1.29 is 9.47 Å². The van der Waals surface area contributed by atoms with E-state index in [1.807, 2.05) is 0 Å². The number of hydrogen-bond donors (Lipinski definition) is 0. The van der Waals surface area contributed by atoms with Crippen molar-refractivity contribution in [2.75, 3.05) is 13.2 Å². The predicted octanol–water partition coefficient (Wildman–Crippen LogP) is 2.66. The van der Waals surface area contributed by atoms with Gasteiger partial charge in [-0.3, -0.25) is 0 Å². The molecule has 0 aliphatic carbocycles. The number of allylic oxidation sites excluding steroid dienone is 1. The maximum absolute atomic E-state index is 5.27. The van der Waals surface area contributed by atoms with Crippen molar-refractivity contribution in [1.29, 1.82) is 0 Å². The number of hydrogen-bond acceptors (Lipinski definition) is 2. The molecule has 0 aromatic rings. The number of rotatable bonds is 7. The summed E-state index contributed by atoms with van der Waals surface area (Å²) in [4.78, 5) is 0. The number of unbranched alkanes of at least 4 members (excludes halogenated alkanes) is 1. The molecule has 74 valence electrons. The molecule has 0 amide bonds. The van der Waals surface area contributed by atoms with Gasteiger partial charge < -0.3 is 9.47 Å². The molecule has 1 unspecified atom stereocenters. The first kappa shape index (κ1) is 10.3. The first-order valence-electron chi connectivity index (χ1n) is 4.98. The zero-order valence-electron chi connectivity index (χ0n) is 8.24. The molecule has 0 saturated carbocycles. The fourth-order valence-corrected chi connectivity index (χ4v) is 0.922. The fourth-order valence-electron chi connectivity index (χ4n) is 0.922. The third kappa shape index (κ3) is 6.41. The van der Waals surface area contributed by atoms with Crippen molar-refractivity contribution in [3.05, 3.63) is 24.5 Å². The van der Waals surface area contributed by atoms with Crippen LogP contribution in [0.2, 0.25) is 0 Å². The average molecular weight is 182 g/mol. The van der Waals surface area contributed by atoms with Crippen LogP contribution in [-0.4, -0.2) is 19.3 Å². The van der Waals surface area contributed by atoms with E-state index in [1.165, 1.54) is 6.42 Å². The van der Waals surface area contributed by atoms with E-state index in [1.54, 1.807) is 6.26 Å². The van der Waals surface area contributed by atoms with Gasteiger partial charge in [0.25, 0.3) is 0 Å². The van der Waals surface area contributed by atoms with Crippen LogP contribution in [0, 0.1) is 0 Å². The van der Waals surface area contributed by atoms with Crippen LogP contribution in [0.4, 0.5) is 0 Å². The molecule has 1 rings (SSSR count). The molecular weight excluding hydrogens is 164 g/mol. The van der Waals surface area contributed by atoms with Gasteiger partial charge in [-0.2, -0.15) is 0 Å². The second kappa shape index (κ2) is 6.72. The van der Waals surface area contributed by atoms with Crippen molar-refractivity contribution in [1.82, 2.24) is 0 Å². The monoisotopic (exact) mass is 182 g/mol. The molecule has 0 N–H and O–H groups in total. The van der Waals surface area contributed by atoms with Gasteiger partial charge in [0.1, 0.15) is 0 Å². The van der Waals surface area contributed by atoms with E-state index in [2.05, 4.69) is 25.2 Å². The summed E-state index contributed by atoms with van der Waals surface area (Å²) in [5, 5.41) is 0. The van der Waals surface area contributed by atoms with Gasteiger partial charge >= 0.3 is 0 Å². The first-order valence-corrected chi connectivity index (χ1v) is 4.98. The Kier molecular flexibility index (Phi) is 5.34. The van der Waals surface area contributed by atoms with Crippen LogP contribution >= 0.6 is 0 Å². The van der Waals surface area contributed by atoms with Crippen molar-refractivity contribution in [3.63, 3.8) is 0 Å². The summed E-state index contributed by atoms with van der Waals surface area (Å²) >= 11 is 0. The van der Waals surface area contributed by atoms with Crippen molar-refractivity contribution in [3.8, 4) is 0 Å². The van der Waals surface area contributed by atoms with Crippen LogP contribution < -0.4 is 0 Å². The lowest BCUT2D eigenvalue weighted by Crippen LogP contribution is -1.84. The van der Waals surface area contributed by atoms with E-state index in [-0.39, 0.29) is 0 Å². The second-order valence-corrected chi connectivity index (χ2v) is 3.12. The Hall–Kier alpha value is -0.760. The van der Waals surface area contributed by atoms with Crippen LogP contribution in [0.1, 0.15) is 26.2 Å². The van der Waals surface area contributed by atoms with Crippen LogP contribution in [0.3, 0.4) is 0 Å². The van der Waals surface area contributed by atoms with Crippen molar-refractivity contribution in [2.24, 2.45) is 0 Å². The molecule has 1 fully saturated rings. The van der Waals surface area contributed by atoms with Gasteiger partial charge in [0.05, 0.1) is 25.6 Å². The quantitative estimate of drug-likeness (QED) is 0.261. The molecule has 2 heteroatoms. The normalized spacial score (nSPS) is 21.5. The Morgan fingerprint density at radius 3 is 2.92 bits per heavy atom. The van der Waals surface area contributed by atoms with Gasteiger partial charge in [0, 0.05) is 0 Å². The predicted molar refractivity (Wildman–Crippen MR) is 53.5 cm³/mol. The minimum absolute atomic E-state index is 0.399. The molecule has 0 aromatic carbocycles. The molecule has 1 atom stereocenters. The zero-order valence-corrected chi connectivity index (χ0v) is 8.24. The van der Waals surface area contributed by atoms with Gasteiger partial charge in [0.2, 0.25) is 0 Å². The van der Waals surface area contributed by atoms with E-state index < -0.39 is 0 Å². The molecule has 1 aliphatic heterocycles. The number of ether oxygens (including phenoxy) is 2. The zero-order chi connectivity index (χ0) is 9.36. The van der Waals surface area contributed by atoms with Gasteiger partial charge in [-0.15, -0.1) is 0 Å². The van der Waals surface area contributed by atoms with Crippen LogP contribution in [-0.2, 0) is 9.47 Å². The Morgan fingerprint density at radius 2 is 2.23 bits per heavy atom. The molecule has 2 nitrogen and oxygen atoms in total. The summed E-state index contributed by atoms with van der Waals surface area (Å²) in [6.45, 7) is 3.82. The van der Waals surface area contributed by atoms with Gasteiger partial charge in [-0.05, 0) is 18.9 Å². The summed E-state index contributed by atoms with van der Waals surface area (Å²) in [7, 11) is 0. The smallest absolute Gasteiger partial charge is 0.0991 e. The summed E-state index contributed by atoms with van der Waals surface area (Å²) < 4.78 is 10.3. The molecule has 0 radical (unpaired) electrons. The lowest BCUT2D eigenvalue weighted by Gasteiger charge is -1.95. The van der Waals surface area contributed by atoms with Crippen LogP contribution in [0.5, 0.6) is 0 Å². The Bertz CT molecular complexity index is 169. The first-order chi connectivity index (χ1) is 6.43. The SMILES string of the molecule is CCCC=COCCC=CC1CO1. The fraction of sp³-hybridized carbons (Fsp3) is 0.636. The Labute approximate surface area is 80.2 Å². The molecule has 1 saturated heterocycles. The van der Waals surface area contributed by atoms with E-state index in [0.29, 0.717) is 6.10 Å². The highest BCUT2D eigenvalue weighted by Crippen LogP contribution is 2.09. The molecule has 1 aliphatic rings. The second-order valence-electron chi connectivity index (χ2n) is 3.12. The molecule has 0 bridgehead atoms. The lowest BCUT2D eigenvalue weighted by molar-refractivity contribution is 0.255. The summed E-state index contributed by atoms with van der Waals surface area (Å²) in [6, 6.07) is 0. The highest BCUT2D eigenvalue weighted by Gasteiger charge is 2.17. The maximum atomic E-state index is 5.27. The third-order valence-corrected chi connectivity index (χ3v) is 1.76. The van der Waals surface area contributed by atoms with E-state index >= 15 is 0 Å². The topological polar surface area (TPSA) is 21.8 Å². The van der Waals surface area contributed by atoms with E-state index in [9.17, 15) is 0 Å². The van der Waals surface area contributed by atoms with E-state index in [4.69, 9.17) is 9.47 Å². The standard InChI is InChI=1S/C11H18O2/c1-2-3-5-8-12-9-6-4-7-11-10-13-11/h4-5,7-8,11H,2-3,6,9-10H2,1H3. The minimum Gasteiger partial charge on any atom is -0.501 e. The highest BCUT2D eigenvalue weighted by molar-refractivity contribution is 4.95. The molecular formula is C11H18O2. The summed E-state index contributed by atoms with van der Waals surface area (Å²) in [5.74, 6) is 0. The third-order valence-electron chi connectivity index (χ3n) is 1.76. The summed E-state index contributed by atoms with van der Waals surface area (Å²) in [5.41, 5.74) is 0. The number of epoxide rings is 1. The van der Waals surface area contributed by atoms with Gasteiger partial charge in [-0.1, -0.05) is 25.5 Å². The lowest BCUT2D eigenvalue weighted by atomic mass is 10.3. The van der Waals surface area contributed by atoms with Crippen LogP contribution in [0.15, 0.2) is 24.5 Å². The highest BCUT2D eigenvalue weighted by atomic mass is 16.6. The largest absolute Gasteiger partial charge is 0.501 e. The van der Waals surface area contributed by atoms with Gasteiger partial charge in [0.15, 0.2) is 0 Å². The van der Waals surface area contributed by atoms with Crippen molar-refractivity contribution in [2.45, 2.75) is 32.3 Å². The average Bonchev–Trinajstić information content (AvgIpc) is 2.93. The van der Waals surface area contributed by atoms with Crippen LogP contribution in [0.25, 0.3) is 0 Å². The summed E-state index contributed by atoms with van der Waals surface area (Å²) in [6.07, 6.45) is 11.7. The van der Waals surface area contributed by atoms with Crippen molar-refractivity contribution >= 4 is 0 Å². The Balaban J connectivity index is 1.82. The van der Waals surface area contributed by atoms with E-state index in [0.717, 1.165) is 26.1 Å². The Morgan fingerprint density at radius 1 is 1.38 bits per heavy atom. The molecule has 0 aromatic heterocycles. The maximum Gasteiger partial charge on any atom is 0.0991 e.